The number of aryl methyl sites for hydroxylation is 1. The van der Waals surface area contributed by atoms with Gasteiger partial charge in [0.15, 0.2) is 0 Å². The Bertz CT molecular complexity index is 381. The van der Waals surface area contributed by atoms with Gasteiger partial charge in [0.2, 0.25) is 0 Å². The molecule has 0 aliphatic heterocycles. The van der Waals surface area contributed by atoms with Gasteiger partial charge in [-0.2, -0.15) is 0 Å². The monoisotopic (exact) mass is 233 g/mol. The third-order valence-corrected chi connectivity index (χ3v) is 4.21. The van der Waals surface area contributed by atoms with E-state index in [0.717, 1.165) is 12.3 Å². The third kappa shape index (κ3) is 2.32. The molecule has 0 aromatic heterocycles. The first-order chi connectivity index (χ1) is 8.22. The summed E-state index contributed by atoms with van der Waals surface area (Å²) in [4.78, 5) is 0. The highest BCUT2D eigenvalue weighted by atomic mass is 16.5. The summed E-state index contributed by atoms with van der Waals surface area (Å²) in [6.07, 6.45) is 6.44. The van der Waals surface area contributed by atoms with Gasteiger partial charge in [-0.15, -0.1) is 0 Å². The molecule has 2 heteroatoms. The van der Waals surface area contributed by atoms with E-state index in [9.17, 15) is 0 Å². The minimum atomic E-state index is 0.218. The molecular formula is C15H23NO. The average molecular weight is 233 g/mol. The lowest BCUT2D eigenvalue weighted by Gasteiger charge is -2.37. The van der Waals surface area contributed by atoms with Crippen molar-refractivity contribution in [2.45, 2.75) is 44.4 Å². The normalized spacial score (nSPS) is 19.0. The van der Waals surface area contributed by atoms with E-state index >= 15 is 0 Å². The van der Waals surface area contributed by atoms with E-state index in [1.807, 2.05) is 0 Å². The van der Waals surface area contributed by atoms with E-state index in [-0.39, 0.29) is 5.41 Å². The number of rotatable bonds is 3. The summed E-state index contributed by atoms with van der Waals surface area (Å²) >= 11 is 0. The molecule has 0 unspecified atom stereocenters. The quantitative estimate of drug-likeness (QED) is 0.870. The number of hydrogen-bond donors (Lipinski definition) is 1. The van der Waals surface area contributed by atoms with Gasteiger partial charge in [-0.3, -0.25) is 0 Å². The molecular weight excluding hydrogens is 210 g/mol. The van der Waals surface area contributed by atoms with Crippen LogP contribution in [0.15, 0.2) is 18.2 Å². The van der Waals surface area contributed by atoms with Gasteiger partial charge in [0.25, 0.3) is 0 Å². The zero-order valence-electron chi connectivity index (χ0n) is 11.0. The van der Waals surface area contributed by atoms with Crippen molar-refractivity contribution < 1.29 is 4.74 Å². The van der Waals surface area contributed by atoms with Crippen LogP contribution >= 0.6 is 0 Å². The Kier molecular flexibility index (Phi) is 3.72. The Balaban J connectivity index is 2.33. The largest absolute Gasteiger partial charge is 0.496 e. The smallest absolute Gasteiger partial charge is 0.121 e. The summed E-state index contributed by atoms with van der Waals surface area (Å²) in [5.74, 6) is 0.969. The topological polar surface area (TPSA) is 35.2 Å². The highest BCUT2D eigenvalue weighted by Gasteiger charge is 2.32. The molecule has 1 saturated carbocycles. The minimum Gasteiger partial charge on any atom is -0.496 e. The van der Waals surface area contributed by atoms with Gasteiger partial charge in [-0.05, 0) is 37.0 Å². The second-order valence-electron chi connectivity index (χ2n) is 5.23. The van der Waals surface area contributed by atoms with Crippen molar-refractivity contribution in [1.82, 2.24) is 0 Å². The average Bonchev–Trinajstić information content (AvgIpc) is 2.39. The lowest BCUT2D eigenvalue weighted by Crippen LogP contribution is -2.37. The summed E-state index contributed by atoms with van der Waals surface area (Å²) in [5, 5.41) is 0. The van der Waals surface area contributed by atoms with Gasteiger partial charge in [-0.25, -0.2) is 0 Å². The van der Waals surface area contributed by atoms with Crippen molar-refractivity contribution >= 4 is 0 Å². The lowest BCUT2D eigenvalue weighted by molar-refractivity contribution is 0.300. The Hall–Kier alpha value is -1.02. The molecule has 1 aromatic rings. The first-order valence-electron chi connectivity index (χ1n) is 6.57. The predicted octanol–water partition coefficient (Wildman–Crippen LogP) is 3.16. The summed E-state index contributed by atoms with van der Waals surface area (Å²) in [5.41, 5.74) is 8.89. The van der Waals surface area contributed by atoms with Crippen LogP contribution in [-0.4, -0.2) is 13.7 Å². The first kappa shape index (κ1) is 12.4. The van der Waals surface area contributed by atoms with E-state index in [1.54, 1.807) is 7.11 Å². The Labute approximate surface area is 104 Å². The van der Waals surface area contributed by atoms with Crippen LogP contribution in [0, 0.1) is 6.92 Å². The Morgan fingerprint density at radius 1 is 1.24 bits per heavy atom. The number of methoxy groups -OCH3 is 1. The first-order valence-corrected chi connectivity index (χ1v) is 6.57. The van der Waals surface area contributed by atoms with Crippen LogP contribution in [0.1, 0.15) is 43.2 Å². The molecule has 2 N–H and O–H groups in total. The van der Waals surface area contributed by atoms with E-state index in [4.69, 9.17) is 10.5 Å². The maximum atomic E-state index is 6.06. The van der Waals surface area contributed by atoms with Crippen LogP contribution in [0.2, 0.25) is 0 Å². The highest BCUT2D eigenvalue weighted by molar-refractivity contribution is 5.39. The van der Waals surface area contributed by atoms with Crippen LogP contribution in [0.25, 0.3) is 0 Å². The third-order valence-electron chi connectivity index (χ3n) is 4.21. The predicted molar refractivity (Wildman–Crippen MR) is 71.5 cm³/mol. The van der Waals surface area contributed by atoms with Gasteiger partial charge < -0.3 is 10.5 Å². The van der Waals surface area contributed by atoms with Crippen LogP contribution in [0.3, 0.4) is 0 Å². The summed E-state index contributed by atoms with van der Waals surface area (Å²) in [6, 6.07) is 6.54. The molecule has 0 heterocycles. The van der Waals surface area contributed by atoms with Gasteiger partial charge in [0.05, 0.1) is 7.11 Å². The molecule has 0 saturated heterocycles. The molecule has 94 valence electrons. The number of hydrogen-bond acceptors (Lipinski definition) is 2. The summed E-state index contributed by atoms with van der Waals surface area (Å²) < 4.78 is 5.32. The SMILES string of the molecule is COc1ccc(C2(CN)CCCCC2)cc1C. The minimum absolute atomic E-state index is 0.218. The van der Waals surface area contributed by atoms with Crippen molar-refractivity contribution in [1.29, 1.82) is 0 Å². The number of nitrogens with two attached hydrogens (primary N) is 1. The summed E-state index contributed by atoms with van der Waals surface area (Å²) in [6.45, 7) is 2.87. The van der Waals surface area contributed by atoms with Crippen molar-refractivity contribution in [3.8, 4) is 5.75 Å². The fraction of sp³-hybridized carbons (Fsp3) is 0.600. The zero-order chi connectivity index (χ0) is 12.3. The van der Waals surface area contributed by atoms with Gasteiger partial charge in [0.1, 0.15) is 5.75 Å². The fourth-order valence-electron chi connectivity index (χ4n) is 3.05. The van der Waals surface area contributed by atoms with E-state index in [0.29, 0.717) is 0 Å². The van der Waals surface area contributed by atoms with Crippen LogP contribution in [-0.2, 0) is 5.41 Å². The molecule has 0 atom stereocenters. The molecule has 2 nitrogen and oxygen atoms in total. The maximum Gasteiger partial charge on any atom is 0.121 e. The van der Waals surface area contributed by atoms with Crippen LogP contribution in [0.5, 0.6) is 5.75 Å². The molecule has 0 bridgehead atoms. The van der Waals surface area contributed by atoms with E-state index in [1.165, 1.54) is 43.2 Å². The van der Waals surface area contributed by atoms with E-state index < -0.39 is 0 Å². The molecule has 0 spiro atoms. The summed E-state index contributed by atoms with van der Waals surface area (Å²) in [7, 11) is 1.72. The van der Waals surface area contributed by atoms with Crippen molar-refractivity contribution in [2.75, 3.05) is 13.7 Å². The van der Waals surface area contributed by atoms with Crippen LogP contribution in [0.4, 0.5) is 0 Å². The number of benzene rings is 1. The molecule has 0 amide bonds. The molecule has 0 radical (unpaired) electrons. The highest BCUT2D eigenvalue weighted by Crippen LogP contribution is 2.39. The second kappa shape index (κ2) is 5.09. The Morgan fingerprint density at radius 2 is 1.94 bits per heavy atom. The molecule has 2 rings (SSSR count). The molecule has 17 heavy (non-hydrogen) atoms. The molecule has 1 fully saturated rings. The fourth-order valence-corrected chi connectivity index (χ4v) is 3.05. The van der Waals surface area contributed by atoms with Gasteiger partial charge >= 0.3 is 0 Å². The van der Waals surface area contributed by atoms with Gasteiger partial charge in [-0.1, -0.05) is 31.4 Å². The molecule has 1 aliphatic carbocycles. The molecule has 1 aliphatic rings. The number of ether oxygens (including phenoxy) is 1. The molecule has 1 aromatic carbocycles. The lowest BCUT2D eigenvalue weighted by atomic mass is 9.69. The Morgan fingerprint density at radius 3 is 2.47 bits per heavy atom. The van der Waals surface area contributed by atoms with E-state index in [2.05, 4.69) is 25.1 Å². The second-order valence-corrected chi connectivity index (χ2v) is 5.23. The van der Waals surface area contributed by atoms with Gasteiger partial charge in [0, 0.05) is 12.0 Å². The van der Waals surface area contributed by atoms with Crippen molar-refractivity contribution in [3.63, 3.8) is 0 Å². The standard InChI is InChI=1S/C15H23NO/c1-12-10-13(6-7-14(12)17-2)15(11-16)8-4-3-5-9-15/h6-7,10H,3-5,8-9,11,16H2,1-2H3. The maximum absolute atomic E-state index is 6.06. The van der Waals surface area contributed by atoms with Crippen LogP contribution < -0.4 is 10.5 Å². The van der Waals surface area contributed by atoms with Crippen molar-refractivity contribution in [2.24, 2.45) is 5.73 Å². The zero-order valence-corrected chi connectivity index (χ0v) is 11.0. The van der Waals surface area contributed by atoms with Crippen molar-refractivity contribution in [3.05, 3.63) is 29.3 Å².